The molecule has 0 bridgehead atoms. The van der Waals surface area contributed by atoms with Crippen LogP contribution in [0.3, 0.4) is 0 Å². The number of rotatable bonds is 7. The third-order valence-electron chi connectivity index (χ3n) is 5.87. The number of hydrogen-bond acceptors (Lipinski definition) is 5. The minimum absolute atomic E-state index is 0.120. The van der Waals surface area contributed by atoms with E-state index in [0.717, 1.165) is 30.8 Å². The fourth-order valence-electron chi connectivity index (χ4n) is 4.16. The molecule has 2 fully saturated rings. The molecule has 30 heavy (non-hydrogen) atoms. The molecular formula is C22H26N4O3S. The molecule has 2 aliphatic rings. The Kier molecular flexibility index (Phi) is 5.87. The van der Waals surface area contributed by atoms with E-state index in [2.05, 4.69) is 21.6 Å². The number of carbonyl (C=O) groups excluding carboxylic acids is 3. The Hall–Kier alpha value is -2.71. The lowest BCUT2D eigenvalue weighted by Crippen LogP contribution is -2.44. The number of amides is 4. The summed E-state index contributed by atoms with van der Waals surface area (Å²) in [6.45, 7) is 3.87. The van der Waals surface area contributed by atoms with Gasteiger partial charge in [-0.15, -0.1) is 11.3 Å². The lowest BCUT2D eigenvalue weighted by Gasteiger charge is -2.27. The standard InChI is InChI=1S/C22H26N4O3S/c1-22(16-8-3-2-4-9-16)20(28)26(21(29)24-22)15-19(27)23-14-17(18-10-7-13-30-18)25-11-5-6-12-25/h2-4,7-10,13,17H,5-6,11-12,14-15H2,1H3,(H,23,27)(H,24,29). The summed E-state index contributed by atoms with van der Waals surface area (Å²) in [6.07, 6.45) is 2.33. The second-order valence-electron chi connectivity index (χ2n) is 7.89. The highest BCUT2D eigenvalue weighted by Gasteiger charge is 2.49. The number of hydrogen-bond donors (Lipinski definition) is 2. The molecule has 0 radical (unpaired) electrons. The zero-order chi connectivity index (χ0) is 21.1. The normalized spacial score (nSPS) is 22.9. The van der Waals surface area contributed by atoms with Crippen LogP contribution in [-0.4, -0.2) is 53.8 Å². The van der Waals surface area contributed by atoms with Gasteiger partial charge in [-0.2, -0.15) is 0 Å². The smallest absolute Gasteiger partial charge is 0.325 e. The van der Waals surface area contributed by atoms with Crippen molar-refractivity contribution in [2.75, 3.05) is 26.2 Å². The van der Waals surface area contributed by atoms with Crippen molar-refractivity contribution in [3.05, 3.63) is 58.3 Å². The molecule has 8 heteroatoms. The topological polar surface area (TPSA) is 81.8 Å². The van der Waals surface area contributed by atoms with E-state index < -0.39 is 17.5 Å². The summed E-state index contributed by atoms with van der Waals surface area (Å²) in [7, 11) is 0. The molecule has 158 valence electrons. The zero-order valence-corrected chi connectivity index (χ0v) is 17.8. The van der Waals surface area contributed by atoms with E-state index in [-0.39, 0.29) is 18.5 Å². The number of urea groups is 1. The molecule has 1 aromatic heterocycles. The molecule has 2 unspecified atom stereocenters. The first kappa shape index (κ1) is 20.6. The Bertz CT molecular complexity index is 912. The summed E-state index contributed by atoms with van der Waals surface area (Å²) < 4.78 is 0. The highest BCUT2D eigenvalue weighted by atomic mass is 32.1. The van der Waals surface area contributed by atoms with Gasteiger partial charge in [0.1, 0.15) is 12.1 Å². The van der Waals surface area contributed by atoms with Crippen molar-refractivity contribution in [3.8, 4) is 0 Å². The largest absolute Gasteiger partial charge is 0.353 e. The van der Waals surface area contributed by atoms with Gasteiger partial charge in [-0.25, -0.2) is 4.79 Å². The SMILES string of the molecule is CC1(c2ccccc2)NC(=O)N(CC(=O)NCC(c2cccs2)N2CCCC2)C1=O. The molecular weight excluding hydrogens is 400 g/mol. The average molecular weight is 427 g/mol. The molecule has 0 saturated carbocycles. The van der Waals surface area contributed by atoms with Crippen LogP contribution in [0.5, 0.6) is 0 Å². The van der Waals surface area contributed by atoms with Crippen molar-refractivity contribution in [3.63, 3.8) is 0 Å². The summed E-state index contributed by atoms with van der Waals surface area (Å²) in [5.74, 6) is -0.750. The molecule has 2 atom stereocenters. The van der Waals surface area contributed by atoms with Crippen LogP contribution in [0.25, 0.3) is 0 Å². The van der Waals surface area contributed by atoms with E-state index in [0.29, 0.717) is 12.1 Å². The van der Waals surface area contributed by atoms with Crippen molar-refractivity contribution in [1.29, 1.82) is 0 Å². The van der Waals surface area contributed by atoms with Crippen LogP contribution in [0.15, 0.2) is 47.8 Å². The number of benzene rings is 1. The molecule has 7 nitrogen and oxygen atoms in total. The Morgan fingerprint density at radius 2 is 1.90 bits per heavy atom. The first-order chi connectivity index (χ1) is 14.5. The summed E-state index contributed by atoms with van der Waals surface area (Å²) in [4.78, 5) is 42.6. The van der Waals surface area contributed by atoms with E-state index in [1.54, 1.807) is 30.4 Å². The first-order valence-corrected chi connectivity index (χ1v) is 11.1. The average Bonchev–Trinajstić information content (AvgIpc) is 3.50. The molecule has 4 rings (SSSR count). The molecule has 0 spiro atoms. The van der Waals surface area contributed by atoms with Gasteiger partial charge in [0.25, 0.3) is 5.91 Å². The van der Waals surface area contributed by atoms with Crippen LogP contribution < -0.4 is 10.6 Å². The molecule has 1 aromatic carbocycles. The summed E-state index contributed by atoms with van der Waals surface area (Å²) >= 11 is 1.68. The molecule has 2 aliphatic heterocycles. The molecule has 2 saturated heterocycles. The van der Waals surface area contributed by atoms with Gasteiger partial charge >= 0.3 is 6.03 Å². The Morgan fingerprint density at radius 3 is 2.57 bits per heavy atom. The fraction of sp³-hybridized carbons (Fsp3) is 0.409. The Balaban J connectivity index is 1.40. The number of nitrogens with zero attached hydrogens (tertiary/aromatic N) is 2. The molecule has 0 aliphatic carbocycles. The first-order valence-electron chi connectivity index (χ1n) is 10.2. The van der Waals surface area contributed by atoms with Crippen LogP contribution in [-0.2, 0) is 15.1 Å². The van der Waals surface area contributed by atoms with Gasteiger partial charge in [0.15, 0.2) is 0 Å². The Morgan fingerprint density at radius 1 is 1.17 bits per heavy atom. The summed E-state index contributed by atoms with van der Waals surface area (Å²) in [6, 6.07) is 12.8. The van der Waals surface area contributed by atoms with E-state index in [9.17, 15) is 14.4 Å². The number of imide groups is 1. The number of likely N-dealkylation sites (tertiary alicyclic amines) is 1. The van der Waals surface area contributed by atoms with Crippen LogP contribution >= 0.6 is 11.3 Å². The van der Waals surface area contributed by atoms with Gasteiger partial charge in [0, 0.05) is 11.4 Å². The number of thiophene rings is 1. The van der Waals surface area contributed by atoms with Crippen LogP contribution in [0, 0.1) is 0 Å². The molecule has 2 aromatic rings. The maximum atomic E-state index is 13.0. The third-order valence-corrected chi connectivity index (χ3v) is 6.85. The third kappa shape index (κ3) is 3.97. The second kappa shape index (κ2) is 8.57. The highest BCUT2D eigenvalue weighted by Crippen LogP contribution is 2.29. The molecule has 3 heterocycles. The maximum absolute atomic E-state index is 13.0. The highest BCUT2D eigenvalue weighted by molar-refractivity contribution is 7.10. The van der Waals surface area contributed by atoms with Crippen molar-refractivity contribution in [2.45, 2.75) is 31.3 Å². The lowest BCUT2D eigenvalue weighted by molar-refractivity contribution is -0.134. The van der Waals surface area contributed by atoms with E-state index in [4.69, 9.17) is 0 Å². The number of nitrogens with one attached hydrogen (secondary N) is 2. The van der Waals surface area contributed by atoms with Gasteiger partial charge in [0.2, 0.25) is 5.91 Å². The van der Waals surface area contributed by atoms with Crippen LogP contribution in [0.2, 0.25) is 0 Å². The van der Waals surface area contributed by atoms with Gasteiger partial charge in [-0.05, 0) is 49.9 Å². The van der Waals surface area contributed by atoms with Crippen LogP contribution in [0.1, 0.15) is 36.2 Å². The predicted octanol–water partition coefficient (Wildman–Crippen LogP) is 2.47. The van der Waals surface area contributed by atoms with E-state index in [1.807, 2.05) is 29.6 Å². The maximum Gasteiger partial charge on any atom is 0.325 e. The van der Waals surface area contributed by atoms with Gasteiger partial charge in [0.05, 0.1) is 6.04 Å². The minimum atomic E-state index is -1.16. The summed E-state index contributed by atoms with van der Waals surface area (Å²) in [5.41, 5.74) is -0.466. The van der Waals surface area contributed by atoms with Gasteiger partial charge < -0.3 is 10.6 Å². The van der Waals surface area contributed by atoms with Gasteiger partial charge in [-0.3, -0.25) is 19.4 Å². The predicted molar refractivity (Wildman–Crippen MR) is 115 cm³/mol. The minimum Gasteiger partial charge on any atom is -0.353 e. The van der Waals surface area contributed by atoms with Crippen molar-refractivity contribution in [2.24, 2.45) is 0 Å². The fourth-order valence-corrected chi connectivity index (χ4v) is 5.02. The molecule has 2 N–H and O–H groups in total. The van der Waals surface area contributed by atoms with Crippen molar-refractivity contribution < 1.29 is 14.4 Å². The van der Waals surface area contributed by atoms with E-state index in [1.165, 1.54) is 4.88 Å². The zero-order valence-electron chi connectivity index (χ0n) is 17.0. The van der Waals surface area contributed by atoms with Gasteiger partial charge in [-0.1, -0.05) is 36.4 Å². The number of carbonyl (C=O) groups is 3. The molecule has 4 amide bonds. The lowest BCUT2D eigenvalue weighted by atomic mass is 9.92. The van der Waals surface area contributed by atoms with Crippen molar-refractivity contribution >= 4 is 29.2 Å². The summed E-state index contributed by atoms with van der Waals surface area (Å²) in [5, 5.41) is 7.71. The van der Waals surface area contributed by atoms with E-state index >= 15 is 0 Å². The Labute approximate surface area is 180 Å². The van der Waals surface area contributed by atoms with Crippen molar-refractivity contribution in [1.82, 2.24) is 20.4 Å². The van der Waals surface area contributed by atoms with Crippen LogP contribution in [0.4, 0.5) is 4.79 Å². The second-order valence-corrected chi connectivity index (χ2v) is 8.87. The quantitative estimate of drug-likeness (QED) is 0.667. The monoisotopic (exact) mass is 426 g/mol.